The lowest BCUT2D eigenvalue weighted by Gasteiger charge is -2.25. The van der Waals surface area contributed by atoms with Crippen molar-refractivity contribution in [3.05, 3.63) is 29.8 Å². The SMILES string of the molecule is NCc1ccc(N(C(=O)C2CCCO2)C2CC2)cc1. The van der Waals surface area contributed by atoms with Gasteiger partial charge in [0.05, 0.1) is 0 Å². The van der Waals surface area contributed by atoms with Crippen LogP contribution >= 0.6 is 0 Å². The van der Waals surface area contributed by atoms with Gasteiger partial charge in [-0.1, -0.05) is 12.1 Å². The van der Waals surface area contributed by atoms with Crippen molar-refractivity contribution >= 4 is 11.6 Å². The predicted molar refractivity (Wildman–Crippen MR) is 73.8 cm³/mol. The normalized spacial score (nSPS) is 22.5. The Morgan fingerprint density at radius 3 is 2.53 bits per heavy atom. The molecule has 1 atom stereocenters. The monoisotopic (exact) mass is 260 g/mol. The maximum absolute atomic E-state index is 12.6. The number of ether oxygens (including phenoxy) is 1. The van der Waals surface area contributed by atoms with E-state index in [0.29, 0.717) is 19.2 Å². The van der Waals surface area contributed by atoms with Crippen LogP contribution in [0.3, 0.4) is 0 Å². The topological polar surface area (TPSA) is 55.6 Å². The lowest BCUT2D eigenvalue weighted by atomic mass is 10.1. The molecule has 4 heteroatoms. The largest absolute Gasteiger partial charge is 0.368 e. The number of carbonyl (C=O) groups excluding carboxylic acids is 1. The summed E-state index contributed by atoms with van der Waals surface area (Å²) in [5.41, 5.74) is 7.67. The summed E-state index contributed by atoms with van der Waals surface area (Å²) < 4.78 is 5.53. The van der Waals surface area contributed by atoms with Gasteiger partial charge >= 0.3 is 0 Å². The number of nitrogens with zero attached hydrogens (tertiary/aromatic N) is 1. The summed E-state index contributed by atoms with van der Waals surface area (Å²) in [4.78, 5) is 14.5. The van der Waals surface area contributed by atoms with Gasteiger partial charge in [-0.2, -0.15) is 0 Å². The Morgan fingerprint density at radius 2 is 2.00 bits per heavy atom. The van der Waals surface area contributed by atoms with Gasteiger partial charge in [-0.3, -0.25) is 4.79 Å². The summed E-state index contributed by atoms with van der Waals surface area (Å²) in [6, 6.07) is 8.34. The molecule has 102 valence electrons. The second kappa shape index (κ2) is 5.31. The van der Waals surface area contributed by atoms with Crippen LogP contribution in [0.15, 0.2) is 24.3 Å². The standard InChI is InChI=1S/C15H20N2O2/c16-10-11-3-5-12(6-4-11)17(13-7-8-13)15(18)14-2-1-9-19-14/h3-6,13-14H,1-2,7-10,16H2. The Kier molecular flexibility index (Phi) is 3.53. The highest BCUT2D eigenvalue weighted by Crippen LogP contribution is 2.33. The summed E-state index contributed by atoms with van der Waals surface area (Å²) in [5.74, 6) is 0.125. The number of amides is 1. The number of benzene rings is 1. The van der Waals surface area contributed by atoms with Crippen molar-refractivity contribution in [1.29, 1.82) is 0 Å². The molecule has 2 aliphatic rings. The van der Waals surface area contributed by atoms with Gasteiger partial charge in [0.2, 0.25) is 0 Å². The summed E-state index contributed by atoms with van der Waals surface area (Å²) in [6.45, 7) is 1.24. The van der Waals surface area contributed by atoms with Crippen LogP contribution in [0.5, 0.6) is 0 Å². The summed E-state index contributed by atoms with van der Waals surface area (Å²) in [6.07, 6.45) is 3.79. The van der Waals surface area contributed by atoms with Crippen LogP contribution in [0.25, 0.3) is 0 Å². The highest BCUT2D eigenvalue weighted by Gasteiger charge is 2.38. The van der Waals surface area contributed by atoms with Crippen molar-refractivity contribution in [2.45, 2.75) is 44.4 Å². The highest BCUT2D eigenvalue weighted by atomic mass is 16.5. The molecule has 1 aromatic carbocycles. The predicted octanol–water partition coefficient (Wildman–Crippen LogP) is 1.82. The van der Waals surface area contributed by atoms with Gasteiger partial charge in [0.1, 0.15) is 6.10 Å². The molecular weight excluding hydrogens is 240 g/mol. The fraction of sp³-hybridized carbons (Fsp3) is 0.533. The third kappa shape index (κ3) is 2.65. The molecular formula is C15H20N2O2. The third-order valence-corrected chi connectivity index (χ3v) is 3.80. The molecule has 0 bridgehead atoms. The highest BCUT2D eigenvalue weighted by molar-refractivity contribution is 5.97. The maximum atomic E-state index is 12.6. The van der Waals surface area contributed by atoms with Gasteiger partial charge in [-0.15, -0.1) is 0 Å². The van der Waals surface area contributed by atoms with Crippen LogP contribution in [0.1, 0.15) is 31.2 Å². The van der Waals surface area contributed by atoms with E-state index in [0.717, 1.165) is 36.9 Å². The minimum absolute atomic E-state index is 0.125. The van der Waals surface area contributed by atoms with Crippen molar-refractivity contribution in [2.75, 3.05) is 11.5 Å². The lowest BCUT2D eigenvalue weighted by molar-refractivity contribution is -0.127. The Labute approximate surface area is 113 Å². The molecule has 1 aromatic rings. The first-order valence-corrected chi connectivity index (χ1v) is 7.03. The summed E-state index contributed by atoms with van der Waals surface area (Å²) >= 11 is 0. The number of nitrogens with two attached hydrogens (primary N) is 1. The first-order valence-electron chi connectivity index (χ1n) is 7.03. The molecule has 0 spiro atoms. The second-order valence-corrected chi connectivity index (χ2v) is 5.31. The minimum Gasteiger partial charge on any atom is -0.368 e. The van der Waals surface area contributed by atoms with E-state index in [1.54, 1.807) is 0 Å². The average molecular weight is 260 g/mol. The van der Waals surface area contributed by atoms with E-state index in [1.807, 2.05) is 29.2 Å². The van der Waals surface area contributed by atoms with Crippen molar-refractivity contribution in [1.82, 2.24) is 0 Å². The molecule has 3 rings (SSSR count). The molecule has 2 fully saturated rings. The molecule has 1 aliphatic heterocycles. The minimum atomic E-state index is -0.241. The first kappa shape index (κ1) is 12.6. The van der Waals surface area contributed by atoms with E-state index in [1.165, 1.54) is 0 Å². The fourth-order valence-electron chi connectivity index (χ4n) is 2.57. The van der Waals surface area contributed by atoms with Gasteiger partial charge in [0.25, 0.3) is 5.91 Å². The zero-order chi connectivity index (χ0) is 13.2. The smallest absolute Gasteiger partial charge is 0.256 e. The number of hydrogen-bond acceptors (Lipinski definition) is 3. The maximum Gasteiger partial charge on any atom is 0.256 e. The van der Waals surface area contributed by atoms with Crippen molar-refractivity contribution < 1.29 is 9.53 Å². The molecule has 19 heavy (non-hydrogen) atoms. The molecule has 1 saturated carbocycles. The molecule has 4 nitrogen and oxygen atoms in total. The van der Waals surface area contributed by atoms with E-state index >= 15 is 0 Å². The van der Waals surface area contributed by atoms with Crippen molar-refractivity contribution in [3.8, 4) is 0 Å². The number of hydrogen-bond donors (Lipinski definition) is 1. The summed E-state index contributed by atoms with van der Waals surface area (Å²) in [7, 11) is 0. The van der Waals surface area contributed by atoms with Gasteiger partial charge in [0.15, 0.2) is 0 Å². The Bertz CT molecular complexity index is 448. The summed E-state index contributed by atoms with van der Waals surface area (Å²) in [5, 5.41) is 0. The van der Waals surface area contributed by atoms with Gasteiger partial charge < -0.3 is 15.4 Å². The molecule has 1 heterocycles. The average Bonchev–Trinajstić information content (AvgIpc) is 3.12. The zero-order valence-corrected chi connectivity index (χ0v) is 11.0. The van der Waals surface area contributed by atoms with Crippen LogP contribution in [0.4, 0.5) is 5.69 Å². The van der Waals surface area contributed by atoms with Crippen LogP contribution in [0, 0.1) is 0 Å². The van der Waals surface area contributed by atoms with E-state index in [2.05, 4.69) is 0 Å². The van der Waals surface area contributed by atoms with E-state index in [9.17, 15) is 4.79 Å². The van der Waals surface area contributed by atoms with Gasteiger partial charge in [0, 0.05) is 24.9 Å². The van der Waals surface area contributed by atoms with Crippen LogP contribution in [0.2, 0.25) is 0 Å². The molecule has 1 aliphatic carbocycles. The number of rotatable bonds is 4. The van der Waals surface area contributed by atoms with Crippen LogP contribution < -0.4 is 10.6 Å². The molecule has 0 aromatic heterocycles. The van der Waals surface area contributed by atoms with Crippen LogP contribution in [-0.2, 0) is 16.1 Å². The molecule has 0 radical (unpaired) electrons. The number of anilines is 1. The lowest BCUT2D eigenvalue weighted by Crippen LogP contribution is -2.40. The quantitative estimate of drug-likeness (QED) is 0.898. The van der Waals surface area contributed by atoms with E-state index < -0.39 is 0 Å². The van der Waals surface area contributed by atoms with Gasteiger partial charge in [-0.25, -0.2) is 0 Å². The Morgan fingerprint density at radius 1 is 1.26 bits per heavy atom. The molecule has 1 saturated heterocycles. The molecule has 2 N–H and O–H groups in total. The zero-order valence-electron chi connectivity index (χ0n) is 11.0. The van der Waals surface area contributed by atoms with E-state index in [-0.39, 0.29) is 12.0 Å². The molecule has 1 amide bonds. The molecule has 1 unspecified atom stereocenters. The number of carbonyl (C=O) groups is 1. The third-order valence-electron chi connectivity index (χ3n) is 3.80. The fourth-order valence-corrected chi connectivity index (χ4v) is 2.57. The van der Waals surface area contributed by atoms with Gasteiger partial charge in [-0.05, 0) is 43.4 Å². The second-order valence-electron chi connectivity index (χ2n) is 5.31. The first-order chi connectivity index (χ1) is 9.29. The Balaban J connectivity index is 1.81. The Hall–Kier alpha value is -1.39. The van der Waals surface area contributed by atoms with E-state index in [4.69, 9.17) is 10.5 Å². The van der Waals surface area contributed by atoms with Crippen molar-refractivity contribution in [3.63, 3.8) is 0 Å². The van der Waals surface area contributed by atoms with Crippen LogP contribution in [-0.4, -0.2) is 24.7 Å². The van der Waals surface area contributed by atoms with Crippen molar-refractivity contribution in [2.24, 2.45) is 5.73 Å².